The molecule has 29 heavy (non-hydrogen) atoms. The predicted octanol–water partition coefficient (Wildman–Crippen LogP) is 3.67. The highest BCUT2D eigenvalue weighted by molar-refractivity contribution is 5.95. The summed E-state index contributed by atoms with van der Waals surface area (Å²) in [6, 6.07) is 7.57. The second-order valence-corrected chi connectivity index (χ2v) is 7.55. The molecule has 152 valence electrons. The minimum Gasteiger partial charge on any atom is -0.349 e. The van der Waals surface area contributed by atoms with E-state index in [0.29, 0.717) is 18.4 Å². The molecule has 2 unspecified atom stereocenters. The number of hydrogen-bond donors (Lipinski definition) is 1. The van der Waals surface area contributed by atoms with Crippen molar-refractivity contribution >= 4 is 11.8 Å². The molecule has 0 saturated carbocycles. The van der Waals surface area contributed by atoms with Crippen LogP contribution in [0.25, 0.3) is 0 Å². The van der Waals surface area contributed by atoms with Crippen molar-refractivity contribution in [3.8, 4) is 0 Å². The molecule has 4 rings (SSSR count). The van der Waals surface area contributed by atoms with Crippen molar-refractivity contribution in [3.05, 3.63) is 65.5 Å². The Labute approximate surface area is 165 Å². The zero-order valence-corrected chi connectivity index (χ0v) is 15.5. The van der Waals surface area contributed by atoms with Crippen LogP contribution in [0.1, 0.15) is 52.0 Å². The van der Waals surface area contributed by atoms with E-state index in [4.69, 9.17) is 0 Å². The Morgan fingerprint density at radius 3 is 2.07 bits per heavy atom. The van der Waals surface area contributed by atoms with Gasteiger partial charge in [-0.15, -0.1) is 0 Å². The van der Waals surface area contributed by atoms with Gasteiger partial charge in [0.25, 0.3) is 11.8 Å². The maximum Gasteiger partial charge on any atom is 0.416 e. The van der Waals surface area contributed by atoms with Crippen LogP contribution in [0, 0.1) is 0 Å². The van der Waals surface area contributed by atoms with E-state index in [0.717, 1.165) is 25.0 Å². The van der Waals surface area contributed by atoms with Crippen molar-refractivity contribution < 1.29 is 22.8 Å². The van der Waals surface area contributed by atoms with E-state index in [2.05, 4.69) is 10.3 Å². The second-order valence-electron chi connectivity index (χ2n) is 7.55. The third-order valence-corrected chi connectivity index (χ3v) is 5.70. The van der Waals surface area contributed by atoms with E-state index in [1.807, 2.05) is 0 Å². The first-order chi connectivity index (χ1) is 13.8. The molecular weight excluding hydrogens is 383 g/mol. The Kier molecular flexibility index (Phi) is 5.02. The monoisotopic (exact) mass is 403 g/mol. The number of piperidine rings is 1. The van der Waals surface area contributed by atoms with E-state index in [9.17, 15) is 22.8 Å². The van der Waals surface area contributed by atoms with Crippen molar-refractivity contribution in [1.29, 1.82) is 0 Å². The van der Waals surface area contributed by atoms with Gasteiger partial charge < -0.3 is 10.2 Å². The van der Waals surface area contributed by atoms with Crippen LogP contribution in [0.5, 0.6) is 0 Å². The molecule has 8 heteroatoms. The average molecular weight is 403 g/mol. The smallest absolute Gasteiger partial charge is 0.349 e. The van der Waals surface area contributed by atoms with Crippen LogP contribution >= 0.6 is 0 Å². The van der Waals surface area contributed by atoms with Crippen LogP contribution in [0.2, 0.25) is 0 Å². The number of aromatic nitrogens is 1. The predicted molar refractivity (Wildman–Crippen MR) is 99.1 cm³/mol. The van der Waals surface area contributed by atoms with Crippen LogP contribution in [-0.2, 0) is 6.18 Å². The van der Waals surface area contributed by atoms with Gasteiger partial charge in [-0.1, -0.05) is 0 Å². The zero-order valence-electron chi connectivity index (χ0n) is 15.5. The second kappa shape index (κ2) is 7.50. The summed E-state index contributed by atoms with van der Waals surface area (Å²) in [6.07, 6.45) is 1.64. The third kappa shape index (κ3) is 3.97. The minimum absolute atomic E-state index is 0.0220. The molecule has 3 heterocycles. The van der Waals surface area contributed by atoms with E-state index in [1.165, 1.54) is 12.1 Å². The lowest BCUT2D eigenvalue weighted by Gasteiger charge is -2.39. The highest BCUT2D eigenvalue weighted by Crippen LogP contribution is 2.37. The third-order valence-electron chi connectivity index (χ3n) is 5.70. The summed E-state index contributed by atoms with van der Waals surface area (Å²) in [5.41, 5.74) is 0.0272. The van der Waals surface area contributed by atoms with Gasteiger partial charge in [-0.05, 0) is 62.1 Å². The van der Waals surface area contributed by atoms with Crippen molar-refractivity contribution in [2.75, 3.05) is 0 Å². The van der Waals surface area contributed by atoms with Gasteiger partial charge in [0.05, 0.1) is 5.56 Å². The molecule has 2 bridgehead atoms. The number of halogens is 3. The quantitative estimate of drug-likeness (QED) is 0.851. The number of hydrogen-bond acceptors (Lipinski definition) is 3. The SMILES string of the molecule is O=C(NC1CC2CCC(C1)N2C(=O)c1ccc(C(F)(F)F)cc1)c1ccncc1. The maximum absolute atomic E-state index is 12.9. The highest BCUT2D eigenvalue weighted by Gasteiger charge is 2.44. The van der Waals surface area contributed by atoms with Gasteiger partial charge in [0.1, 0.15) is 0 Å². The van der Waals surface area contributed by atoms with E-state index in [-0.39, 0.29) is 35.5 Å². The molecule has 1 aromatic heterocycles. The molecule has 0 radical (unpaired) electrons. The summed E-state index contributed by atoms with van der Waals surface area (Å²) in [5.74, 6) is -0.413. The maximum atomic E-state index is 12.9. The molecule has 1 N–H and O–H groups in total. The van der Waals surface area contributed by atoms with Crippen LogP contribution in [0.3, 0.4) is 0 Å². The molecule has 5 nitrogen and oxygen atoms in total. The summed E-state index contributed by atoms with van der Waals surface area (Å²) in [7, 11) is 0. The number of nitrogens with one attached hydrogen (secondary N) is 1. The van der Waals surface area contributed by atoms with Crippen molar-refractivity contribution in [3.63, 3.8) is 0 Å². The fourth-order valence-electron chi connectivity index (χ4n) is 4.35. The van der Waals surface area contributed by atoms with Crippen LogP contribution in [0.15, 0.2) is 48.8 Å². The van der Waals surface area contributed by atoms with Gasteiger partial charge in [0.2, 0.25) is 0 Å². The van der Waals surface area contributed by atoms with Gasteiger partial charge in [-0.25, -0.2) is 0 Å². The molecule has 0 spiro atoms. The number of carbonyl (C=O) groups is 2. The van der Waals surface area contributed by atoms with Crippen LogP contribution in [0.4, 0.5) is 13.2 Å². The van der Waals surface area contributed by atoms with Gasteiger partial charge >= 0.3 is 6.18 Å². The van der Waals surface area contributed by atoms with Gasteiger partial charge in [-0.2, -0.15) is 13.2 Å². The lowest BCUT2D eigenvalue weighted by atomic mass is 9.95. The zero-order chi connectivity index (χ0) is 20.6. The Balaban J connectivity index is 1.43. The van der Waals surface area contributed by atoms with E-state index < -0.39 is 11.7 Å². The number of pyridine rings is 1. The van der Waals surface area contributed by atoms with E-state index >= 15 is 0 Å². The molecule has 2 atom stereocenters. The molecule has 2 amide bonds. The summed E-state index contributed by atoms with van der Waals surface area (Å²) in [5, 5.41) is 3.03. The molecule has 0 aliphatic carbocycles. The van der Waals surface area contributed by atoms with Crippen molar-refractivity contribution in [2.45, 2.75) is 50.0 Å². The number of alkyl halides is 3. The van der Waals surface area contributed by atoms with Crippen molar-refractivity contribution in [1.82, 2.24) is 15.2 Å². The average Bonchev–Trinajstić information content (AvgIpc) is 2.98. The molecule has 2 fully saturated rings. The topological polar surface area (TPSA) is 62.3 Å². The summed E-state index contributed by atoms with van der Waals surface area (Å²) < 4.78 is 38.2. The Bertz CT molecular complexity index is 886. The summed E-state index contributed by atoms with van der Waals surface area (Å²) >= 11 is 0. The number of nitrogens with zero attached hydrogens (tertiary/aromatic N) is 2. The van der Waals surface area contributed by atoms with Gasteiger partial charge in [0.15, 0.2) is 0 Å². The molecule has 2 saturated heterocycles. The molecular formula is C21H20F3N3O2. The lowest BCUT2D eigenvalue weighted by molar-refractivity contribution is -0.137. The van der Waals surface area contributed by atoms with E-state index in [1.54, 1.807) is 29.4 Å². The molecule has 1 aromatic carbocycles. The first-order valence-electron chi connectivity index (χ1n) is 9.54. The fraction of sp³-hybridized carbons (Fsp3) is 0.381. The fourth-order valence-corrected chi connectivity index (χ4v) is 4.35. The highest BCUT2D eigenvalue weighted by atomic mass is 19.4. The van der Waals surface area contributed by atoms with Crippen LogP contribution < -0.4 is 5.32 Å². The number of carbonyl (C=O) groups excluding carboxylic acids is 2. The standard InChI is InChI=1S/C21H20F3N3O2/c22-21(23,24)15-3-1-14(2-4-15)20(29)27-17-5-6-18(27)12-16(11-17)26-19(28)13-7-9-25-10-8-13/h1-4,7-10,16-18H,5-6,11-12H2,(H,26,28). The molecule has 2 aliphatic rings. The van der Waals surface area contributed by atoms with Crippen LogP contribution in [-0.4, -0.2) is 39.8 Å². The van der Waals surface area contributed by atoms with Crippen molar-refractivity contribution in [2.24, 2.45) is 0 Å². The Hall–Kier alpha value is -2.90. The van der Waals surface area contributed by atoms with Gasteiger partial charge in [0, 0.05) is 41.6 Å². The Morgan fingerprint density at radius 1 is 0.931 bits per heavy atom. The Morgan fingerprint density at radius 2 is 1.52 bits per heavy atom. The number of rotatable bonds is 3. The number of fused-ring (bicyclic) bond motifs is 2. The first kappa shape index (κ1) is 19.4. The number of benzene rings is 1. The summed E-state index contributed by atoms with van der Waals surface area (Å²) in [6.45, 7) is 0. The normalized spacial score (nSPS) is 23.7. The molecule has 2 aliphatic heterocycles. The lowest BCUT2D eigenvalue weighted by Crippen LogP contribution is -2.52. The minimum atomic E-state index is -4.42. The largest absolute Gasteiger partial charge is 0.416 e. The number of amides is 2. The first-order valence-corrected chi connectivity index (χ1v) is 9.54. The summed E-state index contributed by atoms with van der Waals surface area (Å²) in [4.78, 5) is 31.0. The molecule has 2 aromatic rings. The van der Waals surface area contributed by atoms with Gasteiger partial charge in [-0.3, -0.25) is 14.6 Å².